The minimum atomic E-state index is -0.0195. The number of hydrogen-bond acceptors (Lipinski definition) is 4. The molecule has 4 heteroatoms. The quantitative estimate of drug-likeness (QED) is 0.612. The summed E-state index contributed by atoms with van der Waals surface area (Å²) in [5.41, 5.74) is 6.46. The van der Waals surface area contributed by atoms with Gasteiger partial charge in [-0.15, -0.1) is 0 Å². The Kier molecular flexibility index (Phi) is 4.12. The van der Waals surface area contributed by atoms with Crippen LogP contribution in [0.3, 0.4) is 0 Å². The number of nitrogens with one attached hydrogen (secondary N) is 1. The van der Waals surface area contributed by atoms with E-state index in [0.29, 0.717) is 19.8 Å². The molecule has 0 aliphatic carbocycles. The molecule has 1 aromatic rings. The highest BCUT2D eigenvalue weighted by Crippen LogP contribution is 2.23. The molecule has 0 saturated carbocycles. The van der Waals surface area contributed by atoms with Crippen LogP contribution in [0.5, 0.6) is 0 Å². The molecular weight excluding hydrogens is 216 g/mol. The lowest BCUT2D eigenvalue weighted by atomic mass is 9.98. The maximum absolute atomic E-state index is 5.70. The van der Waals surface area contributed by atoms with E-state index in [1.807, 2.05) is 0 Å². The largest absolute Gasteiger partial charge is 0.376 e. The molecular formula is C13H20N2O2. The number of ether oxygens (including phenoxy) is 2. The van der Waals surface area contributed by atoms with E-state index in [2.05, 4.69) is 37.5 Å². The predicted molar refractivity (Wildman–Crippen MR) is 66.5 cm³/mol. The maximum Gasteiger partial charge on any atom is 0.102 e. The third kappa shape index (κ3) is 3.04. The summed E-state index contributed by atoms with van der Waals surface area (Å²) in [5.74, 6) is 5.65. The zero-order valence-electron chi connectivity index (χ0n) is 10.4. The van der Waals surface area contributed by atoms with Crippen molar-refractivity contribution < 1.29 is 9.47 Å². The number of aryl methyl sites for hydroxylation is 2. The standard InChI is InChI=1S/C13H20N2O2/c1-9-5-10(2)7-11(6-9)13(15-14)12-8-16-3-4-17-12/h5-7,12-13,15H,3-4,8,14H2,1-2H3. The maximum atomic E-state index is 5.70. The minimum absolute atomic E-state index is 0.0186. The first-order valence-corrected chi connectivity index (χ1v) is 5.94. The van der Waals surface area contributed by atoms with Crippen LogP contribution in [0.2, 0.25) is 0 Å². The highest BCUT2D eigenvalue weighted by Gasteiger charge is 2.25. The monoisotopic (exact) mass is 236 g/mol. The SMILES string of the molecule is Cc1cc(C)cc(C(NN)C2COCCO2)c1. The van der Waals surface area contributed by atoms with Crippen LogP contribution in [-0.2, 0) is 9.47 Å². The van der Waals surface area contributed by atoms with Crippen molar-refractivity contribution in [2.75, 3.05) is 19.8 Å². The summed E-state index contributed by atoms with van der Waals surface area (Å²) in [5, 5.41) is 0. The van der Waals surface area contributed by atoms with E-state index in [1.165, 1.54) is 11.1 Å². The van der Waals surface area contributed by atoms with Crippen LogP contribution >= 0.6 is 0 Å². The second-order valence-corrected chi connectivity index (χ2v) is 4.55. The average Bonchev–Trinajstić information content (AvgIpc) is 2.30. The van der Waals surface area contributed by atoms with Crippen molar-refractivity contribution in [2.24, 2.45) is 5.84 Å². The van der Waals surface area contributed by atoms with Crippen LogP contribution in [-0.4, -0.2) is 25.9 Å². The van der Waals surface area contributed by atoms with Crippen molar-refractivity contribution in [3.05, 3.63) is 34.9 Å². The van der Waals surface area contributed by atoms with E-state index >= 15 is 0 Å². The van der Waals surface area contributed by atoms with E-state index in [0.717, 1.165) is 5.56 Å². The number of nitrogens with two attached hydrogens (primary N) is 1. The summed E-state index contributed by atoms with van der Waals surface area (Å²) < 4.78 is 11.1. The van der Waals surface area contributed by atoms with E-state index in [9.17, 15) is 0 Å². The molecule has 1 saturated heterocycles. The van der Waals surface area contributed by atoms with Crippen molar-refractivity contribution in [1.29, 1.82) is 0 Å². The number of rotatable bonds is 3. The van der Waals surface area contributed by atoms with Gasteiger partial charge in [0.25, 0.3) is 0 Å². The van der Waals surface area contributed by atoms with Gasteiger partial charge in [0.05, 0.1) is 25.9 Å². The molecule has 17 heavy (non-hydrogen) atoms. The summed E-state index contributed by atoms with van der Waals surface area (Å²) in [7, 11) is 0. The molecule has 0 aromatic heterocycles. The molecule has 94 valence electrons. The van der Waals surface area contributed by atoms with Gasteiger partial charge in [0.15, 0.2) is 0 Å². The van der Waals surface area contributed by atoms with Crippen molar-refractivity contribution in [3.63, 3.8) is 0 Å². The van der Waals surface area contributed by atoms with E-state index in [-0.39, 0.29) is 12.1 Å². The topological polar surface area (TPSA) is 56.5 Å². The molecule has 4 nitrogen and oxygen atoms in total. The Hall–Kier alpha value is -0.940. The highest BCUT2D eigenvalue weighted by molar-refractivity contribution is 5.31. The van der Waals surface area contributed by atoms with Crippen LogP contribution in [0.25, 0.3) is 0 Å². The van der Waals surface area contributed by atoms with Crippen LogP contribution in [0.1, 0.15) is 22.7 Å². The molecule has 2 rings (SSSR count). The van der Waals surface area contributed by atoms with Gasteiger partial charge < -0.3 is 9.47 Å². The Labute approximate surface area is 102 Å². The zero-order chi connectivity index (χ0) is 12.3. The second kappa shape index (κ2) is 5.60. The number of hydrazine groups is 1. The summed E-state index contributed by atoms with van der Waals surface area (Å²) in [6.07, 6.45) is -0.0186. The van der Waals surface area contributed by atoms with Gasteiger partial charge in [-0.25, -0.2) is 0 Å². The molecule has 0 amide bonds. The van der Waals surface area contributed by atoms with Crippen molar-refractivity contribution in [1.82, 2.24) is 5.43 Å². The molecule has 2 unspecified atom stereocenters. The lowest BCUT2D eigenvalue weighted by Crippen LogP contribution is -2.43. The van der Waals surface area contributed by atoms with Gasteiger partial charge >= 0.3 is 0 Å². The van der Waals surface area contributed by atoms with Crippen molar-refractivity contribution in [2.45, 2.75) is 26.0 Å². The molecule has 1 aliphatic rings. The minimum Gasteiger partial charge on any atom is -0.376 e. The summed E-state index contributed by atoms with van der Waals surface area (Å²) in [4.78, 5) is 0. The molecule has 3 N–H and O–H groups in total. The summed E-state index contributed by atoms with van der Waals surface area (Å²) in [6, 6.07) is 6.40. The average molecular weight is 236 g/mol. The fourth-order valence-electron chi connectivity index (χ4n) is 2.31. The molecule has 1 aliphatic heterocycles. The summed E-state index contributed by atoms with van der Waals surface area (Å²) >= 11 is 0. The lowest BCUT2D eigenvalue weighted by Gasteiger charge is -2.30. The first-order chi connectivity index (χ1) is 8.20. The molecule has 0 radical (unpaired) electrons. The molecule has 0 bridgehead atoms. The van der Waals surface area contributed by atoms with Gasteiger partial charge in [0, 0.05) is 0 Å². The Morgan fingerprint density at radius 1 is 1.24 bits per heavy atom. The Balaban J connectivity index is 2.21. The number of hydrogen-bond donors (Lipinski definition) is 2. The van der Waals surface area contributed by atoms with E-state index in [1.54, 1.807) is 0 Å². The van der Waals surface area contributed by atoms with E-state index < -0.39 is 0 Å². The summed E-state index contributed by atoms with van der Waals surface area (Å²) in [6.45, 7) is 6.06. The van der Waals surface area contributed by atoms with Crippen LogP contribution in [0.4, 0.5) is 0 Å². The Morgan fingerprint density at radius 2 is 1.94 bits per heavy atom. The molecule has 1 heterocycles. The fraction of sp³-hybridized carbons (Fsp3) is 0.538. The van der Waals surface area contributed by atoms with Gasteiger partial charge in [-0.2, -0.15) is 0 Å². The Bertz CT molecular complexity index is 355. The Morgan fingerprint density at radius 3 is 2.47 bits per heavy atom. The third-order valence-electron chi connectivity index (χ3n) is 3.00. The van der Waals surface area contributed by atoms with Crippen molar-refractivity contribution in [3.8, 4) is 0 Å². The van der Waals surface area contributed by atoms with Crippen LogP contribution < -0.4 is 11.3 Å². The third-order valence-corrected chi connectivity index (χ3v) is 3.00. The number of benzene rings is 1. The van der Waals surface area contributed by atoms with Gasteiger partial charge in [0.2, 0.25) is 0 Å². The molecule has 1 aromatic carbocycles. The molecule has 0 spiro atoms. The second-order valence-electron chi connectivity index (χ2n) is 4.55. The smallest absolute Gasteiger partial charge is 0.102 e. The predicted octanol–water partition coefficient (Wildman–Crippen LogP) is 1.22. The van der Waals surface area contributed by atoms with Crippen LogP contribution in [0.15, 0.2) is 18.2 Å². The van der Waals surface area contributed by atoms with Crippen molar-refractivity contribution >= 4 is 0 Å². The normalized spacial score (nSPS) is 22.4. The first kappa shape index (κ1) is 12.5. The van der Waals surface area contributed by atoms with Crippen LogP contribution in [0, 0.1) is 13.8 Å². The lowest BCUT2D eigenvalue weighted by molar-refractivity contribution is -0.102. The fourth-order valence-corrected chi connectivity index (χ4v) is 2.31. The van der Waals surface area contributed by atoms with Gasteiger partial charge in [-0.1, -0.05) is 29.3 Å². The van der Waals surface area contributed by atoms with Gasteiger partial charge in [-0.05, 0) is 19.4 Å². The van der Waals surface area contributed by atoms with Gasteiger partial charge in [-0.3, -0.25) is 11.3 Å². The first-order valence-electron chi connectivity index (χ1n) is 5.94. The van der Waals surface area contributed by atoms with E-state index in [4.69, 9.17) is 15.3 Å². The highest BCUT2D eigenvalue weighted by atomic mass is 16.6. The van der Waals surface area contributed by atoms with Gasteiger partial charge in [0.1, 0.15) is 6.10 Å². The zero-order valence-corrected chi connectivity index (χ0v) is 10.4. The molecule has 1 fully saturated rings. The molecule has 2 atom stereocenters.